The molecule has 0 aromatic heterocycles. The smallest absolute Gasteiger partial charge is 0.282 e. The first-order chi connectivity index (χ1) is 5.48. The molecule has 12 heavy (non-hydrogen) atoms. The molecule has 0 aliphatic rings. The van der Waals surface area contributed by atoms with Crippen molar-refractivity contribution in [2.24, 2.45) is 5.73 Å². The first-order valence-electron chi connectivity index (χ1n) is 3.45. The summed E-state index contributed by atoms with van der Waals surface area (Å²) in [7, 11) is 0. The van der Waals surface area contributed by atoms with Crippen LogP contribution in [0, 0.1) is 0 Å². The third-order valence-corrected chi connectivity index (χ3v) is 1.16. The number of rotatable bonds is 6. The van der Waals surface area contributed by atoms with Crippen LogP contribution in [-0.2, 0) is 4.79 Å². The molecule has 0 radical (unpaired) electrons. The van der Waals surface area contributed by atoms with Crippen molar-refractivity contribution in [1.29, 1.82) is 0 Å². The number of hydrogen-bond donors (Lipinski definition) is 3. The van der Waals surface area contributed by atoms with Gasteiger partial charge in [-0.1, -0.05) is 0 Å². The van der Waals surface area contributed by atoms with Crippen molar-refractivity contribution in [3.63, 3.8) is 0 Å². The van der Waals surface area contributed by atoms with Crippen LogP contribution in [0.25, 0.3) is 0 Å². The standard InChI is InChI=1S/C6H12F2N2O2/c7-6(8,4-11)3-10-2-1-5(9)12/h10-11H,1-4H2,(H2,9,12). The van der Waals surface area contributed by atoms with Gasteiger partial charge in [0.05, 0.1) is 6.54 Å². The molecule has 0 unspecified atom stereocenters. The third-order valence-electron chi connectivity index (χ3n) is 1.16. The fourth-order valence-corrected chi connectivity index (χ4v) is 0.539. The van der Waals surface area contributed by atoms with Gasteiger partial charge in [-0.15, -0.1) is 0 Å². The molecule has 6 heteroatoms. The maximum absolute atomic E-state index is 12.2. The number of aliphatic hydroxyl groups is 1. The molecule has 0 atom stereocenters. The van der Waals surface area contributed by atoms with Crippen LogP contribution in [0.4, 0.5) is 8.78 Å². The molecule has 0 bridgehead atoms. The zero-order valence-corrected chi connectivity index (χ0v) is 6.52. The van der Waals surface area contributed by atoms with Crippen LogP contribution in [0.15, 0.2) is 0 Å². The number of nitrogens with one attached hydrogen (secondary N) is 1. The number of carbonyl (C=O) groups is 1. The summed E-state index contributed by atoms with van der Waals surface area (Å²) in [6, 6.07) is 0. The monoisotopic (exact) mass is 182 g/mol. The summed E-state index contributed by atoms with van der Waals surface area (Å²) in [5.41, 5.74) is 4.76. The van der Waals surface area contributed by atoms with Crippen molar-refractivity contribution in [3.05, 3.63) is 0 Å². The lowest BCUT2D eigenvalue weighted by Gasteiger charge is -2.13. The second kappa shape index (κ2) is 5.00. The minimum absolute atomic E-state index is 0.0154. The second-order valence-corrected chi connectivity index (χ2v) is 2.41. The maximum atomic E-state index is 12.2. The van der Waals surface area contributed by atoms with Crippen LogP contribution in [-0.4, -0.2) is 36.6 Å². The molecule has 0 fully saturated rings. The number of halogens is 2. The van der Waals surface area contributed by atoms with Crippen LogP contribution in [0.5, 0.6) is 0 Å². The van der Waals surface area contributed by atoms with Gasteiger partial charge in [0, 0.05) is 13.0 Å². The summed E-state index contributed by atoms with van der Waals surface area (Å²) in [4.78, 5) is 10.1. The van der Waals surface area contributed by atoms with Gasteiger partial charge >= 0.3 is 0 Å². The van der Waals surface area contributed by atoms with Crippen molar-refractivity contribution in [3.8, 4) is 0 Å². The molecule has 0 rings (SSSR count). The summed E-state index contributed by atoms with van der Waals surface area (Å²) in [5.74, 6) is -3.67. The molecule has 4 nitrogen and oxygen atoms in total. The zero-order chi connectivity index (χ0) is 9.61. The van der Waals surface area contributed by atoms with Crippen molar-refractivity contribution in [2.75, 3.05) is 19.7 Å². The van der Waals surface area contributed by atoms with E-state index in [1.807, 2.05) is 0 Å². The predicted octanol–water partition coefficient (Wildman–Crippen LogP) is -0.921. The Balaban J connectivity index is 3.37. The second-order valence-electron chi connectivity index (χ2n) is 2.41. The summed E-state index contributed by atoms with van der Waals surface area (Å²) < 4.78 is 24.5. The van der Waals surface area contributed by atoms with E-state index >= 15 is 0 Å². The van der Waals surface area contributed by atoms with Crippen molar-refractivity contribution >= 4 is 5.91 Å². The van der Waals surface area contributed by atoms with Crippen LogP contribution >= 0.6 is 0 Å². The van der Waals surface area contributed by atoms with Gasteiger partial charge in [-0.3, -0.25) is 4.79 Å². The van der Waals surface area contributed by atoms with E-state index in [2.05, 4.69) is 5.32 Å². The molecule has 1 amide bonds. The Hall–Kier alpha value is -0.750. The molecule has 0 aromatic carbocycles. The lowest BCUT2D eigenvalue weighted by molar-refractivity contribution is -0.118. The van der Waals surface area contributed by atoms with E-state index in [0.29, 0.717) is 0 Å². The summed E-state index contributed by atoms with van der Waals surface area (Å²) in [6.07, 6.45) is 0.0154. The molecular formula is C6H12F2N2O2. The van der Waals surface area contributed by atoms with Gasteiger partial charge in [0.2, 0.25) is 5.91 Å². The fraction of sp³-hybridized carbons (Fsp3) is 0.833. The topological polar surface area (TPSA) is 75.4 Å². The van der Waals surface area contributed by atoms with Crippen molar-refractivity contribution in [1.82, 2.24) is 5.32 Å². The van der Waals surface area contributed by atoms with Crippen molar-refractivity contribution < 1.29 is 18.7 Å². The van der Waals surface area contributed by atoms with Gasteiger partial charge in [0.25, 0.3) is 5.92 Å². The van der Waals surface area contributed by atoms with E-state index in [0.717, 1.165) is 0 Å². The van der Waals surface area contributed by atoms with Gasteiger partial charge in [0.1, 0.15) is 6.61 Å². The lowest BCUT2D eigenvalue weighted by Crippen LogP contribution is -2.37. The quantitative estimate of drug-likeness (QED) is 0.465. The zero-order valence-electron chi connectivity index (χ0n) is 6.52. The number of aliphatic hydroxyl groups excluding tert-OH is 1. The predicted molar refractivity (Wildman–Crippen MR) is 38.7 cm³/mol. The number of amides is 1. The molecule has 0 heterocycles. The van der Waals surface area contributed by atoms with Gasteiger partial charge in [-0.2, -0.15) is 0 Å². The van der Waals surface area contributed by atoms with Crippen LogP contribution in [0.2, 0.25) is 0 Å². The van der Waals surface area contributed by atoms with Gasteiger partial charge in [-0.25, -0.2) is 8.78 Å². The Morgan fingerprint density at radius 1 is 1.58 bits per heavy atom. The Kier molecular flexibility index (Phi) is 4.68. The molecule has 72 valence electrons. The molecule has 0 aliphatic carbocycles. The Morgan fingerprint density at radius 3 is 2.58 bits per heavy atom. The molecule has 0 aromatic rings. The van der Waals surface area contributed by atoms with Crippen LogP contribution in [0.3, 0.4) is 0 Å². The summed E-state index contributed by atoms with van der Waals surface area (Å²) in [6.45, 7) is -1.74. The van der Waals surface area contributed by atoms with Crippen molar-refractivity contribution in [2.45, 2.75) is 12.3 Å². The average molecular weight is 182 g/mol. The summed E-state index contributed by atoms with van der Waals surface area (Å²) in [5, 5.41) is 10.4. The third kappa shape index (κ3) is 5.99. The summed E-state index contributed by atoms with van der Waals surface area (Å²) >= 11 is 0. The van der Waals surface area contributed by atoms with E-state index in [-0.39, 0.29) is 13.0 Å². The Morgan fingerprint density at radius 2 is 2.17 bits per heavy atom. The average Bonchev–Trinajstić information content (AvgIpc) is 1.98. The molecule has 0 aliphatic heterocycles. The minimum Gasteiger partial charge on any atom is -0.390 e. The Labute approximate surface area is 68.7 Å². The first-order valence-corrected chi connectivity index (χ1v) is 3.45. The number of nitrogens with two attached hydrogens (primary N) is 1. The SMILES string of the molecule is NC(=O)CCNCC(F)(F)CO. The number of hydrogen-bond acceptors (Lipinski definition) is 3. The highest BCUT2D eigenvalue weighted by molar-refractivity contribution is 5.73. The minimum atomic E-state index is -3.13. The normalized spacial score (nSPS) is 11.6. The number of primary amides is 1. The molecule has 0 saturated carbocycles. The highest BCUT2D eigenvalue weighted by Crippen LogP contribution is 2.09. The van der Waals surface area contributed by atoms with Gasteiger partial charge in [0.15, 0.2) is 0 Å². The van der Waals surface area contributed by atoms with E-state index in [4.69, 9.17) is 10.8 Å². The van der Waals surface area contributed by atoms with E-state index in [9.17, 15) is 13.6 Å². The Bertz CT molecular complexity index is 152. The fourth-order valence-electron chi connectivity index (χ4n) is 0.539. The van der Waals surface area contributed by atoms with E-state index in [1.54, 1.807) is 0 Å². The molecule has 4 N–H and O–H groups in total. The number of carbonyl (C=O) groups excluding carboxylic acids is 1. The first kappa shape index (κ1) is 11.2. The van der Waals surface area contributed by atoms with Crippen LogP contribution in [0.1, 0.15) is 6.42 Å². The van der Waals surface area contributed by atoms with Gasteiger partial charge < -0.3 is 16.2 Å². The highest BCUT2D eigenvalue weighted by Gasteiger charge is 2.26. The van der Waals surface area contributed by atoms with E-state index in [1.165, 1.54) is 0 Å². The van der Waals surface area contributed by atoms with Crippen LogP contribution < -0.4 is 11.1 Å². The molecule has 0 saturated heterocycles. The number of alkyl halides is 2. The lowest BCUT2D eigenvalue weighted by atomic mass is 10.3. The molecular weight excluding hydrogens is 170 g/mol. The largest absolute Gasteiger partial charge is 0.390 e. The highest BCUT2D eigenvalue weighted by atomic mass is 19.3. The van der Waals surface area contributed by atoms with Gasteiger partial charge in [-0.05, 0) is 0 Å². The molecule has 0 spiro atoms. The van der Waals surface area contributed by atoms with E-state index < -0.39 is 25.0 Å². The maximum Gasteiger partial charge on any atom is 0.282 e.